The number of fused-ring (bicyclic) bond motifs is 4. The topological polar surface area (TPSA) is 65.1 Å². The molecule has 4 aliphatic heterocycles. The van der Waals surface area contributed by atoms with E-state index in [9.17, 15) is 14.0 Å². The maximum Gasteiger partial charge on any atom is 0.410 e. The summed E-state index contributed by atoms with van der Waals surface area (Å²) in [6.45, 7) is 7.23. The van der Waals surface area contributed by atoms with Crippen molar-refractivity contribution in [1.29, 1.82) is 0 Å². The lowest BCUT2D eigenvalue weighted by molar-refractivity contribution is 0.0282. The van der Waals surface area contributed by atoms with Crippen LogP contribution in [0.25, 0.3) is 0 Å². The Labute approximate surface area is 196 Å². The summed E-state index contributed by atoms with van der Waals surface area (Å²) in [6.07, 6.45) is 5.78. The molecule has 1 N–H and O–H groups in total. The molecule has 1 aromatic rings. The third kappa shape index (κ3) is 3.86. The van der Waals surface area contributed by atoms with Gasteiger partial charge in [0.2, 0.25) is 0 Å². The van der Waals surface area contributed by atoms with Crippen molar-refractivity contribution in [3.05, 3.63) is 29.6 Å². The predicted molar refractivity (Wildman–Crippen MR) is 126 cm³/mol. The second-order valence-electron chi connectivity index (χ2n) is 10.0. The van der Waals surface area contributed by atoms with E-state index in [0.717, 1.165) is 62.9 Å². The Balaban J connectivity index is 0.00000274. The summed E-state index contributed by atoms with van der Waals surface area (Å²) < 4.78 is 19.5. The molecule has 1 spiro atoms. The molecule has 2 bridgehead atoms. The van der Waals surface area contributed by atoms with Gasteiger partial charge in [0.25, 0.3) is 0 Å². The van der Waals surface area contributed by atoms with Gasteiger partial charge in [-0.3, -0.25) is 4.90 Å². The zero-order valence-corrected chi connectivity index (χ0v) is 19.7. The third-order valence-corrected chi connectivity index (χ3v) is 8.31. The van der Waals surface area contributed by atoms with Crippen molar-refractivity contribution in [3.8, 4) is 0 Å². The molecule has 0 aliphatic carbocycles. The molecule has 3 saturated heterocycles. The Morgan fingerprint density at radius 1 is 1.15 bits per heavy atom. The van der Waals surface area contributed by atoms with E-state index in [-0.39, 0.29) is 36.9 Å². The third-order valence-electron chi connectivity index (χ3n) is 8.31. The van der Waals surface area contributed by atoms with Crippen molar-refractivity contribution in [2.45, 2.75) is 75.9 Å². The molecule has 4 heterocycles. The minimum Gasteiger partial charge on any atom is -0.450 e. The predicted octanol–water partition coefficient (Wildman–Crippen LogP) is 4.11. The summed E-state index contributed by atoms with van der Waals surface area (Å²) in [6, 6.07) is 5.76. The number of hydrogen-bond donors (Lipinski definition) is 1. The largest absolute Gasteiger partial charge is 0.450 e. The molecule has 0 saturated carbocycles. The number of piperidine rings is 2. The number of rotatable bonds is 3. The van der Waals surface area contributed by atoms with E-state index in [1.165, 1.54) is 6.07 Å². The van der Waals surface area contributed by atoms with E-state index in [2.05, 4.69) is 10.2 Å². The first-order valence-electron chi connectivity index (χ1n) is 12.5. The monoisotopic (exact) mass is 460 g/mol. The lowest BCUT2D eigenvalue weighted by atomic mass is 9.73. The first-order chi connectivity index (χ1) is 16.0. The number of urea groups is 1. The molecule has 0 radical (unpaired) electrons. The van der Waals surface area contributed by atoms with Crippen LogP contribution in [0.15, 0.2) is 18.2 Å². The Morgan fingerprint density at radius 3 is 2.48 bits per heavy atom. The van der Waals surface area contributed by atoms with Gasteiger partial charge in [0.05, 0.1) is 6.61 Å². The number of nitrogens with one attached hydrogen (secondary N) is 1. The molecule has 8 heteroatoms. The molecule has 7 nitrogen and oxygen atoms in total. The summed E-state index contributed by atoms with van der Waals surface area (Å²) >= 11 is 0. The second-order valence-corrected chi connectivity index (χ2v) is 10.0. The van der Waals surface area contributed by atoms with Gasteiger partial charge in [-0.05, 0) is 89.2 Å². The number of nitrogens with zero attached hydrogens (tertiary/aromatic N) is 3. The van der Waals surface area contributed by atoms with Gasteiger partial charge in [-0.1, -0.05) is 0 Å². The quantitative estimate of drug-likeness (QED) is 0.737. The number of benzene rings is 1. The van der Waals surface area contributed by atoms with Gasteiger partial charge in [-0.15, -0.1) is 0 Å². The maximum atomic E-state index is 14.2. The van der Waals surface area contributed by atoms with E-state index in [4.69, 9.17) is 4.74 Å². The highest BCUT2D eigenvalue weighted by atomic mass is 19.1. The van der Waals surface area contributed by atoms with Crippen molar-refractivity contribution < 1.29 is 20.1 Å². The molecule has 182 valence electrons. The Morgan fingerprint density at radius 2 is 1.85 bits per heavy atom. The lowest BCUT2D eigenvalue weighted by Gasteiger charge is -2.47. The number of likely N-dealkylation sites (tertiary alicyclic amines) is 1. The van der Waals surface area contributed by atoms with Crippen LogP contribution < -0.4 is 10.2 Å². The number of anilines is 1. The smallest absolute Gasteiger partial charge is 0.410 e. The Bertz CT molecular complexity index is 909. The fraction of sp³-hybridized carbons (Fsp3) is 0.680. The first kappa shape index (κ1) is 22.4. The lowest BCUT2D eigenvalue weighted by Crippen LogP contribution is -2.55. The fourth-order valence-corrected chi connectivity index (χ4v) is 6.76. The van der Waals surface area contributed by atoms with Crippen molar-refractivity contribution >= 4 is 17.8 Å². The summed E-state index contributed by atoms with van der Waals surface area (Å²) in [5, 5.41) is 2.90. The average molecular weight is 461 g/mol. The van der Waals surface area contributed by atoms with E-state index < -0.39 is 0 Å². The van der Waals surface area contributed by atoms with E-state index in [0.29, 0.717) is 25.7 Å². The van der Waals surface area contributed by atoms with Gasteiger partial charge in [-0.2, -0.15) is 0 Å². The molecule has 0 aromatic heterocycles. The molecular weight excluding hydrogens is 423 g/mol. The highest BCUT2D eigenvalue weighted by Crippen LogP contribution is 2.48. The summed E-state index contributed by atoms with van der Waals surface area (Å²) in [5.41, 5.74) is 1.63. The van der Waals surface area contributed by atoms with Crippen LogP contribution in [0.3, 0.4) is 0 Å². The molecule has 5 rings (SSSR count). The maximum absolute atomic E-state index is 14.2. The van der Waals surface area contributed by atoms with Crippen molar-refractivity contribution in [3.63, 3.8) is 0 Å². The van der Waals surface area contributed by atoms with Crippen LogP contribution in [-0.4, -0.2) is 72.8 Å². The van der Waals surface area contributed by atoms with Gasteiger partial charge >= 0.3 is 12.1 Å². The zero-order valence-electron chi connectivity index (χ0n) is 19.7. The fourth-order valence-electron chi connectivity index (χ4n) is 6.76. The van der Waals surface area contributed by atoms with Crippen LogP contribution in [0.1, 0.15) is 59.4 Å². The number of carbonyl (C=O) groups excluding carboxylic acids is 2. The average Bonchev–Trinajstić information content (AvgIpc) is 3.25. The van der Waals surface area contributed by atoms with Crippen LogP contribution in [0.4, 0.5) is 19.7 Å². The van der Waals surface area contributed by atoms with Gasteiger partial charge in [0.1, 0.15) is 5.82 Å². The molecular formula is C25H37FN4O3. The van der Waals surface area contributed by atoms with Gasteiger partial charge in [0, 0.05) is 43.7 Å². The highest BCUT2D eigenvalue weighted by molar-refractivity contribution is 5.95. The number of hydrogen-bond acceptors (Lipinski definition) is 4. The van der Waals surface area contributed by atoms with Crippen LogP contribution in [0.2, 0.25) is 0 Å². The Kier molecular flexibility index (Phi) is 5.97. The summed E-state index contributed by atoms with van der Waals surface area (Å²) in [7, 11) is 0. The van der Waals surface area contributed by atoms with Crippen LogP contribution in [0.5, 0.6) is 0 Å². The minimum absolute atomic E-state index is 0. The number of halogens is 1. The number of amides is 3. The van der Waals surface area contributed by atoms with E-state index in [1.807, 2.05) is 18.7 Å². The van der Waals surface area contributed by atoms with Crippen molar-refractivity contribution in [2.24, 2.45) is 0 Å². The SMILES string of the molecule is CCNC(=O)N1CC2(CCN(C3CC4CCC(C3)N4C(=O)OCC)CC2)c2cc(F)ccc21.[HH]. The van der Waals surface area contributed by atoms with E-state index >= 15 is 0 Å². The van der Waals surface area contributed by atoms with Gasteiger partial charge < -0.3 is 19.9 Å². The molecule has 1 aromatic carbocycles. The standard InChI is InChI=1S/C25H35FN4O3.H2/c1-3-27-23(31)29-16-25(21-13-17(26)5-8-22(21)29)9-11-28(12-10-25)20-14-18-6-7-19(15-20)30(18)24(32)33-4-2;/h5,8,13,18-20H,3-4,6-7,9-12,14-16H2,1-2H3,(H,27,31);1H. The van der Waals surface area contributed by atoms with Crippen LogP contribution in [0, 0.1) is 5.82 Å². The highest BCUT2D eigenvalue weighted by Gasteiger charge is 2.50. The molecule has 2 atom stereocenters. The zero-order chi connectivity index (χ0) is 23.2. The summed E-state index contributed by atoms with van der Waals surface area (Å²) in [4.78, 5) is 31.5. The molecule has 2 unspecified atom stereocenters. The van der Waals surface area contributed by atoms with Crippen molar-refractivity contribution in [2.75, 3.05) is 37.7 Å². The Hall–Kier alpha value is -2.35. The normalized spacial score (nSPS) is 28.2. The molecule has 3 amide bonds. The van der Waals surface area contributed by atoms with Gasteiger partial charge in [-0.25, -0.2) is 14.0 Å². The molecule has 3 fully saturated rings. The van der Waals surface area contributed by atoms with Crippen molar-refractivity contribution in [1.82, 2.24) is 15.1 Å². The molecule has 33 heavy (non-hydrogen) atoms. The van der Waals surface area contributed by atoms with Gasteiger partial charge in [0.15, 0.2) is 0 Å². The second kappa shape index (κ2) is 8.78. The van der Waals surface area contributed by atoms with Crippen LogP contribution in [-0.2, 0) is 10.2 Å². The number of carbonyl (C=O) groups is 2. The number of ether oxygens (including phenoxy) is 1. The van der Waals surface area contributed by atoms with Crippen LogP contribution >= 0.6 is 0 Å². The minimum atomic E-state index is -0.240. The first-order valence-corrected chi connectivity index (χ1v) is 12.5. The molecule has 4 aliphatic rings. The summed E-state index contributed by atoms with van der Waals surface area (Å²) in [5.74, 6) is -0.240. The van der Waals surface area contributed by atoms with E-state index in [1.54, 1.807) is 17.0 Å².